The predicted octanol–water partition coefficient (Wildman–Crippen LogP) is 3.99. The van der Waals surface area contributed by atoms with Gasteiger partial charge in [-0.25, -0.2) is 4.79 Å². The summed E-state index contributed by atoms with van der Waals surface area (Å²) in [6, 6.07) is 14.5. The van der Waals surface area contributed by atoms with E-state index in [0.717, 1.165) is 42.3 Å². The molecule has 0 saturated heterocycles. The number of fused-ring (bicyclic) bond motifs is 1. The lowest BCUT2D eigenvalue weighted by molar-refractivity contribution is 0.0932. The average molecular weight is 417 g/mol. The molecule has 2 aromatic carbocycles. The predicted molar refractivity (Wildman–Crippen MR) is 116 cm³/mol. The highest BCUT2D eigenvalue weighted by Gasteiger charge is 2.22. The molecule has 1 aliphatic rings. The van der Waals surface area contributed by atoms with Gasteiger partial charge in [0.1, 0.15) is 6.04 Å². The number of carbonyl (C=O) groups is 1. The van der Waals surface area contributed by atoms with Crippen LogP contribution in [0.25, 0.3) is 22.4 Å². The molecule has 31 heavy (non-hydrogen) atoms. The molecule has 4 aromatic rings. The minimum absolute atomic E-state index is 0.0786. The Hall–Kier alpha value is -3.68. The van der Waals surface area contributed by atoms with Crippen LogP contribution in [-0.4, -0.2) is 25.6 Å². The summed E-state index contributed by atoms with van der Waals surface area (Å²) >= 11 is 0. The van der Waals surface area contributed by atoms with Crippen molar-refractivity contribution in [1.29, 1.82) is 0 Å². The Morgan fingerprint density at radius 3 is 2.74 bits per heavy atom. The molecule has 1 atom stereocenters. The molecule has 5 rings (SSSR count). The number of nitrogens with one attached hydrogen (secondary N) is 2. The van der Waals surface area contributed by atoms with Crippen molar-refractivity contribution < 1.29 is 9.32 Å². The van der Waals surface area contributed by atoms with Crippen molar-refractivity contribution in [3.05, 3.63) is 70.5 Å². The first kappa shape index (κ1) is 19.3. The standard InChI is InChI=1S/C23H23N5O3/c1-14(24-21(29)15-7-3-2-4-8-15)22-26-20(27-31-22)16-11-12-19-18(13-16)25-23(30)28(19)17-9-5-6-10-17/h2-4,7-8,11-14,17H,5-6,9-10H2,1H3,(H,24,29)(H,25,30). The second kappa shape index (κ2) is 7.86. The van der Waals surface area contributed by atoms with Gasteiger partial charge < -0.3 is 14.8 Å². The van der Waals surface area contributed by atoms with Crippen LogP contribution in [0.15, 0.2) is 57.8 Å². The summed E-state index contributed by atoms with van der Waals surface area (Å²) in [6.07, 6.45) is 4.39. The summed E-state index contributed by atoms with van der Waals surface area (Å²) in [5, 5.41) is 6.93. The Labute approximate surface area is 178 Å². The molecule has 8 heteroatoms. The van der Waals surface area contributed by atoms with Crippen LogP contribution >= 0.6 is 0 Å². The first-order valence-corrected chi connectivity index (χ1v) is 10.5. The summed E-state index contributed by atoms with van der Waals surface area (Å²) in [4.78, 5) is 32.3. The quantitative estimate of drug-likeness (QED) is 0.511. The van der Waals surface area contributed by atoms with Crippen LogP contribution in [0.4, 0.5) is 0 Å². The largest absolute Gasteiger partial charge is 0.341 e. The molecule has 1 aliphatic carbocycles. The van der Waals surface area contributed by atoms with Crippen LogP contribution in [0.3, 0.4) is 0 Å². The molecule has 1 saturated carbocycles. The van der Waals surface area contributed by atoms with Crippen molar-refractivity contribution in [1.82, 2.24) is 25.0 Å². The van der Waals surface area contributed by atoms with E-state index in [0.29, 0.717) is 17.3 Å². The Morgan fingerprint density at radius 1 is 1.19 bits per heavy atom. The Kier molecular flexibility index (Phi) is 4.89. The summed E-state index contributed by atoms with van der Waals surface area (Å²) in [7, 11) is 0. The third-order valence-corrected chi connectivity index (χ3v) is 5.86. The molecule has 158 valence electrons. The minimum Gasteiger partial charge on any atom is -0.341 e. The third-order valence-electron chi connectivity index (χ3n) is 5.86. The molecule has 0 bridgehead atoms. The second-order valence-corrected chi connectivity index (χ2v) is 7.99. The zero-order chi connectivity index (χ0) is 21.4. The van der Waals surface area contributed by atoms with E-state index in [1.165, 1.54) is 0 Å². The molecule has 0 spiro atoms. The van der Waals surface area contributed by atoms with Crippen molar-refractivity contribution in [2.45, 2.75) is 44.7 Å². The molecule has 0 aliphatic heterocycles. The molecule has 2 heterocycles. The lowest BCUT2D eigenvalue weighted by Gasteiger charge is -2.11. The van der Waals surface area contributed by atoms with E-state index in [2.05, 4.69) is 20.4 Å². The Bertz CT molecular complexity index is 1280. The Morgan fingerprint density at radius 2 is 1.97 bits per heavy atom. The van der Waals surface area contributed by atoms with Crippen molar-refractivity contribution in [2.75, 3.05) is 0 Å². The van der Waals surface area contributed by atoms with E-state index in [1.54, 1.807) is 19.1 Å². The van der Waals surface area contributed by atoms with E-state index in [4.69, 9.17) is 4.52 Å². The number of H-pyrrole nitrogens is 1. The fourth-order valence-electron chi connectivity index (χ4n) is 4.25. The number of hydrogen-bond donors (Lipinski definition) is 2. The fourth-order valence-corrected chi connectivity index (χ4v) is 4.25. The normalized spacial score (nSPS) is 15.4. The maximum atomic E-state index is 12.5. The van der Waals surface area contributed by atoms with Gasteiger partial charge in [-0.1, -0.05) is 36.2 Å². The Balaban J connectivity index is 1.37. The second-order valence-electron chi connectivity index (χ2n) is 7.99. The molecule has 1 unspecified atom stereocenters. The van der Waals surface area contributed by atoms with E-state index in [9.17, 15) is 9.59 Å². The number of hydrogen-bond acceptors (Lipinski definition) is 5. The van der Waals surface area contributed by atoms with Crippen LogP contribution in [0.5, 0.6) is 0 Å². The number of aromatic nitrogens is 4. The highest BCUT2D eigenvalue weighted by molar-refractivity contribution is 5.94. The van der Waals surface area contributed by atoms with Crippen molar-refractivity contribution in [3.8, 4) is 11.4 Å². The fraction of sp³-hybridized carbons (Fsp3) is 0.304. The van der Waals surface area contributed by atoms with Crippen LogP contribution in [0.2, 0.25) is 0 Å². The number of benzene rings is 2. The van der Waals surface area contributed by atoms with Gasteiger partial charge in [0.05, 0.1) is 11.0 Å². The number of nitrogens with zero attached hydrogens (tertiary/aromatic N) is 3. The van der Waals surface area contributed by atoms with Gasteiger partial charge in [0.15, 0.2) is 0 Å². The maximum Gasteiger partial charge on any atom is 0.326 e. The highest BCUT2D eigenvalue weighted by Crippen LogP contribution is 2.31. The smallest absolute Gasteiger partial charge is 0.326 e. The topological polar surface area (TPSA) is 106 Å². The lowest BCUT2D eigenvalue weighted by Crippen LogP contribution is -2.26. The summed E-state index contributed by atoms with van der Waals surface area (Å²) in [5.41, 5.74) is 2.88. The molecule has 8 nitrogen and oxygen atoms in total. The number of rotatable bonds is 5. The first-order valence-electron chi connectivity index (χ1n) is 10.5. The molecule has 2 N–H and O–H groups in total. The van der Waals surface area contributed by atoms with E-state index >= 15 is 0 Å². The molecular weight excluding hydrogens is 394 g/mol. The summed E-state index contributed by atoms with van der Waals surface area (Å²) < 4.78 is 7.26. The van der Waals surface area contributed by atoms with Crippen LogP contribution in [0.1, 0.15) is 60.9 Å². The van der Waals surface area contributed by atoms with E-state index in [-0.39, 0.29) is 17.6 Å². The van der Waals surface area contributed by atoms with Crippen molar-refractivity contribution in [3.63, 3.8) is 0 Å². The van der Waals surface area contributed by atoms with Crippen LogP contribution < -0.4 is 11.0 Å². The molecule has 1 amide bonds. The van der Waals surface area contributed by atoms with Gasteiger partial charge in [-0.2, -0.15) is 4.98 Å². The zero-order valence-corrected chi connectivity index (χ0v) is 17.2. The number of amides is 1. The average Bonchev–Trinajstić information content (AvgIpc) is 3.53. The van der Waals surface area contributed by atoms with Crippen LogP contribution in [-0.2, 0) is 0 Å². The van der Waals surface area contributed by atoms with Gasteiger partial charge in [0, 0.05) is 17.2 Å². The molecule has 0 radical (unpaired) electrons. The van der Waals surface area contributed by atoms with E-state index < -0.39 is 6.04 Å². The monoisotopic (exact) mass is 417 g/mol. The highest BCUT2D eigenvalue weighted by atomic mass is 16.5. The number of carbonyl (C=O) groups excluding carboxylic acids is 1. The van der Waals surface area contributed by atoms with Crippen LogP contribution in [0, 0.1) is 0 Å². The lowest BCUT2D eigenvalue weighted by atomic mass is 10.1. The summed E-state index contributed by atoms with van der Waals surface area (Å²) in [6.45, 7) is 1.79. The van der Waals surface area contributed by atoms with Crippen molar-refractivity contribution >= 4 is 16.9 Å². The van der Waals surface area contributed by atoms with Gasteiger partial charge >= 0.3 is 5.69 Å². The van der Waals surface area contributed by atoms with Gasteiger partial charge in [0.25, 0.3) is 5.91 Å². The summed E-state index contributed by atoms with van der Waals surface area (Å²) in [5.74, 6) is 0.517. The minimum atomic E-state index is -0.444. The molecule has 1 fully saturated rings. The third kappa shape index (κ3) is 3.65. The molecular formula is C23H23N5O3. The SMILES string of the molecule is CC(NC(=O)c1ccccc1)c1nc(-c2ccc3c(c2)[nH]c(=O)n3C2CCCC2)no1. The van der Waals surface area contributed by atoms with Gasteiger partial charge in [-0.3, -0.25) is 9.36 Å². The van der Waals surface area contributed by atoms with Gasteiger partial charge in [0.2, 0.25) is 11.7 Å². The number of imidazole rings is 1. The van der Waals surface area contributed by atoms with E-state index in [1.807, 2.05) is 41.0 Å². The van der Waals surface area contributed by atoms with Gasteiger partial charge in [-0.05, 0) is 50.1 Å². The molecule has 2 aromatic heterocycles. The van der Waals surface area contributed by atoms with Gasteiger partial charge in [-0.15, -0.1) is 0 Å². The first-order chi connectivity index (χ1) is 15.1. The van der Waals surface area contributed by atoms with Crippen molar-refractivity contribution in [2.24, 2.45) is 0 Å². The number of aromatic amines is 1. The zero-order valence-electron chi connectivity index (χ0n) is 17.2. The maximum absolute atomic E-state index is 12.5.